The molecule has 0 unspecified atom stereocenters. The number of esters is 1. The van der Waals surface area contributed by atoms with Gasteiger partial charge in [0.25, 0.3) is 5.91 Å². The number of carbonyl (C=O) groups excluding carboxylic acids is 2. The van der Waals surface area contributed by atoms with Gasteiger partial charge in [0.15, 0.2) is 6.10 Å². The van der Waals surface area contributed by atoms with Gasteiger partial charge in [-0.3, -0.25) is 14.5 Å². The number of nitrogens with zero attached hydrogens (tertiary/aromatic N) is 2. The average Bonchev–Trinajstić information content (AvgIpc) is 3.29. The Morgan fingerprint density at radius 2 is 1.45 bits per heavy atom. The van der Waals surface area contributed by atoms with Crippen LogP contribution in [-0.4, -0.2) is 66.7 Å². The van der Waals surface area contributed by atoms with Crippen LogP contribution in [0.5, 0.6) is 0 Å². The summed E-state index contributed by atoms with van der Waals surface area (Å²) in [6.45, 7) is 4.24. The van der Waals surface area contributed by atoms with Gasteiger partial charge in [-0.15, -0.1) is 0 Å². The molecule has 3 heterocycles. The van der Waals surface area contributed by atoms with Gasteiger partial charge in [0.05, 0.1) is 25.1 Å². The summed E-state index contributed by atoms with van der Waals surface area (Å²) >= 11 is 0. The number of rotatable bonds is 7. The molecule has 0 saturated carbocycles. The number of hydrogen-bond donors (Lipinski definition) is 0. The third kappa shape index (κ3) is 5.17. The largest absolute Gasteiger partial charge is 0.466 e. The first-order chi connectivity index (χ1) is 19.6. The zero-order valence-electron chi connectivity index (χ0n) is 22.9. The van der Waals surface area contributed by atoms with Crippen molar-refractivity contribution >= 4 is 11.9 Å². The maximum atomic E-state index is 13.9. The molecule has 3 aromatic carbocycles. The Kier molecular flexibility index (Phi) is 7.69. The molecule has 3 aliphatic heterocycles. The van der Waals surface area contributed by atoms with Gasteiger partial charge in [-0.05, 0) is 30.9 Å². The van der Waals surface area contributed by atoms with Crippen LogP contribution < -0.4 is 0 Å². The smallest absolute Gasteiger partial charge is 0.309 e. The summed E-state index contributed by atoms with van der Waals surface area (Å²) in [6, 6.07) is 30.9. The van der Waals surface area contributed by atoms with Crippen LogP contribution in [0, 0.1) is 5.92 Å². The van der Waals surface area contributed by atoms with Gasteiger partial charge in [0.1, 0.15) is 6.10 Å². The first-order valence-electron chi connectivity index (χ1n) is 14.3. The SMILES string of the molecule is CCOC(=O)C1CCN(C(=O)[C@@H]2O[C@@]3(c4ccccc4)CN(C(c4ccccc4)c4ccccc4)C[C@@H]2O3)CC1. The minimum absolute atomic E-state index is 0.0188. The molecular formula is C33H36N2O5. The van der Waals surface area contributed by atoms with E-state index in [0.717, 1.165) is 5.56 Å². The van der Waals surface area contributed by atoms with E-state index in [1.54, 1.807) is 0 Å². The second-order valence-corrected chi connectivity index (χ2v) is 10.8. The van der Waals surface area contributed by atoms with E-state index in [0.29, 0.717) is 45.6 Å². The quantitative estimate of drug-likeness (QED) is 0.410. The topological polar surface area (TPSA) is 68.3 Å². The van der Waals surface area contributed by atoms with Crippen molar-refractivity contribution in [2.45, 2.75) is 43.8 Å². The molecule has 1 amide bonds. The Morgan fingerprint density at radius 3 is 2.02 bits per heavy atom. The summed E-state index contributed by atoms with van der Waals surface area (Å²) in [5, 5.41) is 0. The van der Waals surface area contributed by atoms with Gasteiger partial charge in [0.2, 0.25) is 5.79 Å². The van der Waals surface area contributed by atoms with E-state index in [-0.39, 0.29) is 23.8 Å². The summed E-state index contributed by atoms with van der Waals surface area (Å²) in [7, 11) is 0. The predicted molar refractivity (Wildman–Crippen MR) is 150 cm³/mol. The van der Waals surface area contributed by atoms with E-state index in [4.69, 9.17) is 14.2 Å². The van der Waals surface area contributed by atoms with Gasteiger partial charge in [-0.2, -0.15) is 0 Å². The molecule has 6 rings (SSSR count). The van der Waals surface area contributed by atoms with E-state index >= 15 is 0 Å². The van der Waals surface area contributed by atoms with Crippen LogP contribution in [0.15, 0.2) is 91.0 Å². The lowest BCUT2D eigenvalue weighted by molar-refractivity contribution is -0.220. The van der Waals surface area contributed by atoms with Crippen LogP contribution in [0.25, 0.3) is 0 Å². The molecule has 0 aliphatic carbocycles. The zero-order valence-corrected chi connectivity index (χ0v) is 22.9. The number of ether oxygens (including phenoxy) is 3. The van der Waals surface area contributed by atoms with Crippen molar-refractivity contribution < 1.29 is 23.8 Å². The fourth-order valence-electron chi connectivity index (χ4n) is 6.37. The molecule has 7 nitrogen and oxygen atoms in total. The number of benzene rings is 3. The second-order valence-electron chi connectivity index (χ2n) is 10.8. The summed E-state index contributed by atoms with van der Waals surface area (Å²) in [6.07, 6.45) is 0.0434. The van der Waals surface area contributed by atoms with Gasteiger partial charge in [0, 0.05) is 25.2 Å². The Labute approximate surface area is 235 Å². The molecule has 0 spiro atoms. The van der Waals surface area contributed by atoms with Crippen LogP contribution >= 0.6 is 0 Å². The van der Waals surface area contributed by atoms with E-state index < -0.39 is 18.0 Å². The number of fused-ring (bicyclic) bond motifs is 2. The fraction of sp³-hybridized carbons (Fsp3) is 0.394. The lowest BCUT2D eigenvalue weighted by Gasteiger charge is -2.42. The Balaban J connectivity index is 1.29. The Hall–Kier alpha value is -3.52. The normalized spacial score (nSPS) is 25.2. The maximum absolute atomic E-state index is 13.9. The van der Waals surface area contributed by atoms with Crippen LogP contribution in [0.1, 0.15) is 42.5 Å². The third-order valence-corrected chi connectivity index (χ3v) is 8.30. The van der Waals surface area contributed by atoms with Gasteiger partial charge in [-0.1, -0.05) is 91.0 Å². The molecule has 3 atom stereocenters. The van der Waals surface area contributed by atoms with Crippen molar-refractivity contribution in [3.05, 3.63) is 108 Å². The molecule has 7 heteroatoms. The number of morpholine rings is 1. The number of carbonyl (C=O) groups is 2. The third-order valence-electron chi connectivity index (χ3n) is 8.30. The molecule has 3 aliphatic rings. The summed E-state index contributed by atoms with van der Waals surface area (Å²) in [5.74, 6) is -1.46. The zero-order chi connectivity index (χ0) is 27.5. The average molecular weight is 541 g/mol. The molecule has 0 radical (unpaired) electrons. The molecule has 0 aromatic heterocycles. The molecular weight excluding hydrogens is 504 g/mol. The lowest BCUT2D eigenvalue weighted by atomic mass is 9.94. The van der Waals surface area contributed by atoms with Crippen molar-refractivity contribution in [2.75, 3.05) is 32.8 Å². The summed E-state index contributed by atoms with van der Waals surface area (Å²) in [5.41, 5.74) is 3.27. The van der Waals surface area contributed by atoms with Crippen LogP contribution in [0.3, 0.4) is 0 Å². The Morgan fingerprint density at radius 1 is 0.875 bits per heavy atom. The maximum Gasteiger partial charge on any atom is 0.309 e. The Bertz CT molecular complexity index is 1260. The standard InChI is InChI=1S/C33H36N2O5/c1-2-38-32(37)26-18-20-34(21-19-26)31(36)30-28-22-35(23-33(39-28,40-30)27-16-10-5-11-17-27)29(24-12-6-3-7-13-24)25-14-8-4-9-15-25/h3-17,26,28-30H,2,18-23H2,1H3/t28-,30+,33+/m0/s1. The van der Waals surface area contributed by atoms with Crippen molar-refractivity contribution in [1.29, 1.82) is 0 Å². The van der Waals surface area contributed by atoms with Crippen molar-refractivity contribution in [1.82, 2.24) is 9.80 Å². The van der Waals surface area contributed by atoms with Crippen LogP contribution in [0.4, 0.5) is 0 Å². The summed E-state index contributed by atoms with van der Waals surface area (Å²) in [4.78, 5) is 30.4. The van der Waals surface area contributed by atoms with Crippen molar-refractivity contribution in [2.24, 2.45) is 5.92 Å². The number of hydrogen-bond acceptors (Lipinski definition) is 6. The first kappa shape index (κ1) is 26.7. The fourth-order valence-corrected chi connectivity index (χ4v) is 6.37. The van der Waals surface area contributed by atoms with E-state index in [1.807, 2.05) is 54.3 Å². The molecule has 208 valence electrons. The van der Waals surface area contributed by atoms with Gasteiger partial charge < -0.3 is 19.1 Å². The van der Waals surface area contributed by atoms with E-state index in [2.05, 4.69) is 53.4 Å². The van der Waals surface area contributed by atoms with Crippen molar-refractivity contribution in [3.8, 4) is 0 Å². The van der Waals surface area contributed by atoms with Crippen LogP contribution in [0.2, 0.25) is 0 Å². The molecule has 3 saturated heterocycles. The van der Waals surface area contributed by atoms with Gasteiger partial charge >= 0.3 is 5.97 Å². The molecule has 3 aromatic rings. The monoisotopic (exact) mass is 540 g/mol. The summed E-state index contributed by atoms with van der Waals surface area (Å²) < 4.78 is 18.6. The lowest BCUT2D eigenvalue weighted by Crippen LogP contribution is -2.52. The van der Waals surface area contributed by atoms with E-state index in [1.165, 1.54) is 11.1 Å². The van der Waals surface area contributed by atoms with Gasteiger partial charge in [-0.25, -0.2) is 0 Å². The highest BCUT2D eigenvalue weighted by Crippen LogP contribution is 2.46. The van der Waals surface area contributed by atoms with Crippen LogP contribution in [-0.2, 0) is 29.6 Å². The number of piperidine rings is 1. The predicted octanol–water partition coefficient (Wildman–Crippen LogP) is 4.53. The first-order valence-corrected chi connectivity index (χ1v) is 14.3. The number of amides is 1. The minimum atomic E-state index is -1.06. The molecule has 40 heavy (non-hydrogen) atoms. The molecule has 2 bridgehead atoms. The molecule has 0 N–H and O–H groups in total. The highest BCUT2D eigenvalue weighted by molar-refractivity contribution is 5.82. The van der Waals surface area contributed by atoms with E-state index in [9.17, 15) is 9.59 Å². The minimum Gasteiger partial charge on any atom is -0.466 e. The molecule has 3 fully saturated rings. The second kappa shape index (κ2) is 11.5. The number of likely N-dealkylation sites (tertiary alicyclic amines) is 1. The highest BCUT2D eigenvalue weighted by atomic mass is 16.8. The van der Waals surface area contributed by atoms with Crippen molar-refractivity contribution in [3.63, 3.8) is 0 Å². The highest BCUT2D eigenvalue weighted by Gasteiger charge is 2.58.